The highest BCUT2D eigenvalue weighted by molar-refractivity contribution is 5.92. The highest BCUT2D eigenvalue weighted by Crippen LogP contribution is 2.57. The molecule has 1 aliphatic heterocycles. The number of hydrogen-bond acceptors (Lipinski definition) is 5. The fourth-order valence-corrected chi connectivity index (χ4v) is 5.69. The van der Waals surface area contributed by atoms with Gasteiger partial charge in [-0.25, -0.2) is 4.98 Å². The van der Waals surface area contributed by atoms with Crippen LogP contribution in [0, 0.1) is 29.1 Å². The largest absolute Gasteiger partial charge is 0.462 e. The van der Waals surface area contributed by atoms with E-state index in [4.69, 9.17) is 4.74 Å². The molecule has 7 unspecified atom stereocenters. The summed E-state index contributed by atoms with van der Waals surface area (Å²) in [6.07, 6.45) is 8.75. The van der Waals surface area contributed by atoms with Crippen LogP contribution in [0.3, 0.4) is 0 Å². The molecule has 140 valence electrons. The van der Waals surface area contributed by atoms with Crippen molar-refractivity contribution in [3.63, 3.8) is 0 Å². The molecule has 6 nitrogen and oxygen atoms in total. The van der Waals surface area contributed by atoms with Gasteiger partial charge in [-0.05, 0) is 37.0 Å². The number of rotatable bonds is 2. The highest BCUT2D eigenvalue weighted by atomic mass is 16.6. The van der Waals surface area contributed by atoms with Gasteiger partial charge in [0, 0.05) is 30.3 Å². The highest BCUT2D eigenvalue weighted by Gasteiger charge is 2.58. The van der Waals surface area contributed by atoms with E-state index >= 15 is 0 Å². The predicted octanol–water partition coefficient (Wildman–Crippen LogP) is 2.60. The molecule has 0 aromatic carbocycles. The number of fused-ring (bicyclic) bond motifs is 3. The van der Waals surface area contributed by atoms with Crippen LogP contribution in [-0.2, 0) is 9.53 Å². The van der Waals surface area contributed by atoms with Gasteiger partial charge in [-0.3, -0.25) is 14.6 Å². The summed E-state index contributed by atoms with van der Waals surface area (Å²) in [7, 11) is 0. The lowest BCUT2D eigenvalue weighted by Gasteiger charge is -2.54. The van der Waals surface area contributed by atoms with Gasteiger partial charge in [-0.15, -0.1) is 0 Å². The number of aromatic nitrogens is 2. The van der Waals surface area contributed by atoms with Crippen LogP contribution in [-0.4, -0.2) is 34.0 Å². The average molecular weight is 357 g/mol. The van der Waals surface area contributed by atoms with Gasteiger partial charge in [-0.1, -0.05) is 20.8 Å². The molecule has 26 heavy (non-hydrogen) atoms. The summed E-state index contributed by atoms with van der Waals surface area (Å²) >= 11 is 0. The number of carbonyl (C=O) groups is 2. The Morgan fingerprint density at radius 3 is 2.77 bits per heavy atom. The molecular formula is C20H27N3O3. The molecule has 6 heteroatoms. The fourth-order valence-electron chi connectivity index (χ4n) is 5.69. The molecule has 0 spiro atoms. The Hall–Kier alpha value is -1.98. The first-order valence-corrected chi connectivity index (χ1v) is 9.68. The number of esters is 1. The van der Waals surface area contributed by atoms with Crippen molar-refractivity contribution >= 4 is 11.9 Å². The number of nitrogens with one attached hydrogen (secondary N) is 1. The third kappa shape index (κ3) is 2.70. The normalized spacial score (nSPS) is 41.7. The van der Waals surface area contributed by atoms with Gasteiger partial charge in [0.25, 0.3) is 5.91 Å². The Labute approximate surface area is 154 Å². The van der Waals surface area contributed by atoms with E-state index in [1.54, 1.807) is 6.20 Å². The van der Waals surface area contributed by atoms with Gasteiger partial charge < -0.3 is 10.1 Å². The number of nitrogens with zero attached hydrogens (tertiary/aromatic N) is 2. The van der Waals surface area contributed by atoms with Gasteiger partial charge in [0.1, 0.15) is 11.8 Å². The van der Waals surface area contributed by atoms with Crippen LogP contribution in [0.1, 0.15) is 56.9 Å². The summed E-state index contributed by atoms with van der Waals surface area (Å²) in [5, 5.41) is 3.16. The number of carbonyl (C=O) groups excluding carboxylic acids is 2. The second-order valence-corrected chi connectivity index (χ2v) is 8.64. The molecular weight excluding hydrogens is 330 g/mol. The molecule has 3 aliphatic rings. The Morgan fingerprint density at radius 2 is 2.04 bits per heavy atom. The lowest BCUT2D eigenvalue weighted by atomic mass is 9.52. The lowest BCUT2D eigenvalue weighted by Crippen LogP contribution is -2.57. The van der Waals surface area contributed by atoms with Crippen LogP contribution < -0.4 is 5.32 Å². The zero-order valence-corrected chi connectivity index (χ0v) is 15.6. The summed E-state index contributed by atoms with van der Waals surface area (Å²) in [6.45, 7) is 6.53. The molecule has 0 bridgehead atoms. The van der Waals surface area contributed by atoms with Crippen molar-refractivity contribution in [3.8, 4) is 0 Å². The van der Waals surface area contributed by atoms with E-state index in [0.29, 0.717) is 11.6 Å². The molecule has 1 aromatic heterocycles. The van der Waals surface area contributed by atoms with E-state index in [2.05, 4.69) is 29.1 Å². The molecule has 2 aliphatic carbocycles. The maximum absolute atomic E-state index is 12.5. The maximum Gasteiger partial charge on any atom is 0.309 e. The first-order chi connectivity index (χ1) is 12.4. The van der Waals surface area contributed by atoms with Crippen molar-refractivity contribution in [2.75, 3.05) is 0 Å². The van der Waals surface area contributed by atoms with Crippen molar-refractivity contribution in [3.05, 3.63) is 24.3 Å². The van der Waals surface area contributed by atoms with Crippen LogP contribution >= 0.6 is 0 Å². The molecule has 1 aromatic rings. The van der Waals surface area contributed by atoms with Crippen molar-refractivity contribution < 1.29 is 14.3 Å². The van der Waals surface area contributed by atoms with Crippen molar-refractivity contribution in [1.29, 1.82) is 0 Å². The average Bonchev–Trinajstić information content (AvgIpc) is 2.92. The van der Waals surface area contributed by atoms with Crippen molar-refractivity contribution in [2.24, 2.45) is 29.1 Å². The van der Waals surface area contributed by atoms with E-state index < -0.39 is 0 Å². The Morgan fingerprint density at radius 1 is 1.27 bits per heavy atom. The lowest BCUT2D eigenvalue weighted by molar-refractivity contribution is -0.153. The third-order valence-electron chi connectivity index (χ3n) is 7.24. The van der Waals surface area contributed by atoms with E-state index in [1.807, 2.05) is 6.92 Å². The van der Waals surface area contributed by atoms with Crippen LogP contribution in [0.2, 0.25) is 0 Å². The smallest absolute Gasteiger partial charge is 0.309 e. The SMILES string of the molecule is CC1C(=O)OC2C1CCC1(C)CCC(NC(=O)c3cnccn3)C(C)C21. The first-order valence-electron chi connectivity index (χ1n) is 9.68. The zero-order chi connectivity index (χ0) is 18.5. The van der Waals surface area contributed by atoms with Crippen LogP contribution in [0.15, 0.2) is 18.6 Å². The van der Waals surface area contributed by atoms with Crippen LogP contribution in [0.25, 0.3) is 0 Å². The molecule has 2 heterocycles. The Balaban J connectivity index is 1.54. The summed E-state index contributed by atoms with van der Waals surface area (Å²) in [5.41, 5.74) is 0.522. The molecule has 3 fully saturated rings. The summed E-state index contributed by atoms with van der Waals surface area (Å²) in [4.78, 5) is 32.8. The Kier molecular flexibility index (Phi) is 4.24. The molecule has 1 amide bonds. The minimum atomic E-state index is -0.178. The molecule has 2 saturated carbocycles. The quantitative estimate of drug-likeness (QED) is 0.823. The molecule has 1 N–H and O–H groups in total. The van der Waals surface area contributed by atoms with Gasteiger partial charge in [0.05, 0.1) is 12.1 Å². The number of hydrogen-bond donors (Lipinski definition) is 1. The summed E-state index contributed by atoms with van der Waals surface area (Å²) in [5.74, 6) is 0.616. The van der Waals surface area contributed by atoms with Crippen LogP contribution in [0.4, 0.5) is 0 Å². The maximum atomic E-state index is 12.5. The fraction of sp³-hybridized carbons (Fsp3) is 0.700. The van der Waals surface area contributed by atoms with E-state index in [-0.39, 0.29) is 47.2 Å². The minimum Gasteiger partial charge on any atom is -0.462 e. The Bertz CT molecular complexity index is 710. The predicted molar refractivity (Wildman–Crippen MR) is 95.0 cm³/mol. The zero-order valence-electron chi connectivity index (χ0n) is 15.6. The topological polar surface area (TPSA) is 81.2 Å². The second-order valence-electron chi connectivity index (χ2n) is 8.64. The van der Waals surface area contributed by atoms with E-state index in [0.717, 1.165) is 25.7 Å². The van der Waals surface area contributed by atoms with Gasteiger partial charge >= 0.3 is 5.97 Å². The number of amides is 1. The van der Waals surface area contributed by atoms with E-state index in [9.17, 15) is 9.59 Å². The van der Waals surface area contributed by atoms with Crippen molar-refractivity contribution in [2.45, 2.75) is 58.6 Å². The van der Waals surface area contributed by atoms with Crippen LogP contribution in [0.5, 0.6) is 0 Å². The summed E-state index contributed by atoms with van der Waals surface area (Å²) in [6, 6.07) is 0.0657. The molecule has 0 radical (unpaired) electrons. The summed E-state index contributed by atoms with van der Waals surface area (Å²) < 4.78 is 5.85. The monoisotopic (exact) mass is 357 g/mol. The molecule has 4 rings (SSSR count). The third-order valence-corrected chi connectivity index (χ3v) is 7.24. The standard InChI is InChI=1S/C20H27N3O3/c1-11-13-4-6-20(3)7-5-14(12(2)16(20)17(13)26-19(11)25)23-18(24)15-10-21-8-9-22-15/h8-14,16-17H,4-7H2,1-3H3,(H,23,24). The van der Waals surface area contributed by atoms with Gasteiger partial charge in [0.15, 0.2) is 0 Å². The number of ether oxygens (including phenoxy) is 1. The second kappa shape index (κ2) is 6.32. The van der Waals surface area contributed by atoms with Gasteiger partial charge in [-0.2, -0.15) is 0 Å². The molecule has 7 atom stereocenters. The first kappa shape index (κ1) is 17.4. The van der Waals surface area contributed by atoms with E-state index in [1.165, 1.54) is 12.4 Å². The van der Waals surface area contributed by atoms with Crippen molar-refractivity contribution in [1.82, 2.24) is 15.3 Å². The molecule has 1 saturated heterocycles. The minimum absolute atomic E-state index is 0.00805. The van der Waals surface area contributed by atoms with Gasteiger partial charge in [0.2, 0.25) is 0 Å².